The number of nitrogens with zero attached hydrogens (tertiary/aromatic N) is 3. The number of rotatable bonds is 9. The lowest BCUT2D eigenvalue weighted by Crippen LogP contribution is -2.49. The topological polar surface area (TPSA) is 185 Å². The maximum atomic E-state index is 13.4. The number of thioether (sulfide) groups is 1. The van der Waals surface area contributed by atoms with Gasteiger partial charge < -0.3 is 27.1 Å². The molecule has 3 atom stereocenters. The first-order valence-electron chi connectivity index (χ1n) is 11.6. The van der Waals surface area contributed by atoms with E-state index in [4.69, 9.17) is 17.2 Å². The van der Waals surface area contributed by atoms with E-state index >= 15 is 0 Å². The Hall–Kier alpha value is -2.97. The molecule has 0 spiro atoms. The zero-order valence-corrected chi connectivity index (χ0v) is 22.2. The molecule has 1 aromatic heterocycles. The number of aromatic amines is 1. The first-order chi connectivity index (χ1) is 17.7. The van der Waals surface area contributed by atoms with E-state index < -0.39 is 35.8 Å². The summed E-state index contributed by atoms with van der Waals surface area (Å²) >= 11 is 4.92. The summed E-state index contributed by atoms with van der Waals surface area (Å²) in [5.41, 5.74) is 19.4. The van der Waals surface area contributed by atoms with E-state index in [1.807, 2.05) is 24.3 Å². The van der Waals surface area contributed by atoms with E-state index in [1.165, 1.54) is 16.7 Å². The molecule has 4 rings (SSSR count). The van der Waals surface area contributed by atoms with Crippen LogP contribution in [-0.2, 0) is 9.59 Å². The molecule has 2 aromatic carbocycles. The van der Waals surface area contributed by atoms with Crippen LogP contribution in [0.2, 0.25) is 0 Å². The maximum Gasteiger partial charge on any atom is 0.263 e. The molecule has 0 saturated carbocycles. The number of hydrogen-bond donors (Lipinski definition) is 5. The van der Waals surface area contributed by atoms with Gasteiger partial charge >= 0.3 is 0 Å². The molecular weight excluding hydrogens is 562 g/mol. The van der Waals surface area contributed by atoms with E-state index in [9.17, 15) is 19.6 Å². The molecule has 0 radical (unpaired) electrons. The molecule has 1 saturated heterocycles. The predicted octanol–water partition coefficient (Wildman–Crippen LogP) is 1.30. The number of hydroxylamine groups is 2. The van der Waals surface area contributed by atoms with Gasteiger partial charge in [0.25, 0.3) is 11.8 Å². The van der Waals surface area contributed by atoms with Crippen LogP contribution in [0.3, 0.4) is 0 Å². The number of nitrogens with one attached hydrogen (secondary N) is 1. The molecule has 37 heavy (non-hydrogen) atoms. The minimum atomic E-state index is -0.990. The molecule has 1 aliphatic heterocycles. The number of likely N-dealkylation sites (tertiary alicyclic amines) is 1. The number of benzene rings is 2. The van der Waals surface area contributed by atoms with Crippen LogP contribution in [0.15, 0.2) is 46.9 Å². The quantitative estimate of drug-likeness (QED) is 0.140. The number of carbonyl (C=O) groups is 3. The van der Waals surface area contributed by atoms with Crippen LogP contribution in [0.5, 0.6) is 0 Å². The Balaban J connectivity index is 1.53. The van der Waals surface area contributed by atoms with Crippen molar-refractivity contribution in [2.24, 2.45) is 17.2 Å². The van der Waals surface area contributed by atoms with Crippen molar-refractivity contribution >= 4 is 56.4 Å². The Morgan fingerprint density at radius 1 is 1.27 bits per heavy atom. The molecule has 1 fully saturated rings. The average Bonchev–Trinajstić information content (AvgIpc) is 3.52. The maximum absolute atomic E-state index is 13.4. The van der Waals surface area contributed by atoms with Gasteiger partial charge in [0.2, 0.25) is 5.91 Å². The number of fused-ring (bicyclic) bond motifs is 1. The fraction of sp³-hybridized carbons (Fsp3) is 0.333. The molecule has 0 bridgehead atoms. The molecule has 13 heteroatoms. The third kappa shape index (κ3) is 5.80. The first-order valence-corrected chi connectivity index (χ1v) is 13.6. The van der Waals surface area contributed by atoms with Crippen molar-refractivity contribution in [2.45, 2.75) is 24.5 Å². The lowest BCUT2D eigenvalue weighted by Gasteiger charge is -2.25. The predicted molar refractivity (Wildman–Crippen MR) is 145 cm³/mol. The molecule has 8 N–H and O–H groups in total. The van der Waals surface area contributed by atoms with E-state index in [1.54, 1.807) is 18.2 Å². The minimum absolute atomic E-state index is 0.00442. The van der Waals surface area contributed by atoms with Crippen molar-refractivity contribution in [1.29, 1.82) is 0 Å². The van der Waals surface area contributed by atoms with Crippen molar-refractivity contribution < 1.29 is 19.6 Å². The second-order valence-electron chi connectivity index (χ2n) is 8.72. The zero-order chi connectivity index (χ0) is 26.7. The molecule has 2 heterocycles. The van der Waals surface area contributed by atoms with Crippen molar-refractivity contribution in [3.63, 3.8) is 0 Å². The Labute approximate surface area is 225 Å². The number of carbonyl (C=O) groups excluding carboxylic acids is 3. The average molecular weight is 591 g/mol. The van der Waals surface area contributed by atoms with Crippen molar-refractivity contribution in [2.75, 3.05) is 24.6 Å². The Morgan fingerprint density at radius 2 is 2.03 bits per heavy atom. The highest BCUT2D eigenvalue weighted by Crippen LogP contribution is 2.29. The Bertz CT molecular complexity index is 1320. The summed E-state index contributed by atoms with van der Waals surface area (Å²) in [7, 11) is 0. The van der Waals surface area contributed by atoms with Gasteiger partial charge in [0.1, 0.15) is 11.9 Å². The van der Waals surface area contributed by atoms with Gasteiger partial charge in [-0.2, -0.15) is 11.8 Å². The van der Waals surface area contributed by atoms with E-state index in [-0.39, 0.29) is 18.7 Å². The molecule has 0 unspecified atom stereocenters. The van der Waals surface area contributed by atoms with Crippen LogP contribution in [0.4, 0.5) is 0 Å². The summed E-state index contributed by atoms with van der Waals surface area (Å²) in [6, 6.07) is 9.86. The summed E-state index contributed by atoms with van der Waals surface area (Å²) in [6.07, 6.45) is 0.00442. The van der Waals surface area contributed by atoms with Gasteiger partial charge in [0.05, 0.1) is 23.1 Å². The molecule has 3 amide bonds. The standard InChI is InChI=1S/C24H28BrN7O4S/c25-16-4-2-1-3-15(16)22-29-18-6-5-13(9-19(18)30-22)23(34)31-11-14(10-20(31)21(28)33)32(36)24(35)17(27)12-37-8-7-26/h1-6,9,14,17,20,36H,7-8,10-12,26-27H2,(H2,28,33)(H,29,30)/t14-,17-,20-/m0/s1. The largest absolute Gasteiger partial charge is 0.368 e. The molecule has 1 aliphatic rings. The van der Waals surface area contributed by atoms with Gasteiger partial charge in [-0.05, 0) is 24.3 Å². The SMILES string of the molecule is NCCSC[C@H](N)C(=O)N(O)[C@H]1C[C@@H](C(N)=O)N(C(=O)c2ccc3nc(-c4ccccc4Br)[nH]c3c2)C1. The number of hydrogen-bond acceptors (Lipinski definition) is 8. The van der Waals surface area contributed by atoms with Crippen LogP contribution in [0.1, 0.15) is 16.8 Å². The van der Waals surface area contributed by atoms with Gasteiger partial charge in [-0.3, -0.25) is 19.6 Å². The summed E-state index contributed by atoms with van der Waals surface area (Å²) < 4.78 is 0.874. The van der Waals surface area contributed by atoms with Crippen LogP contribution >= 0.6 is 27.7 Å². The highest BCUT2D eigenvalue weighted by atomic mass is 79.9. The van der Waals surface area contributed by atoms with E-state index in [2.05, 4.69) is 25.9 Å². The highest BCUT2D eigenvalue weighted by Gasteiger charge is 2.43. The van der Waals surface area contributed by atoms with Crippen molar-refractivity contribution in [3.8, 4) is 11.4 Å². The van der Waals surface area contributed by atoms with E-state index in [0.717, 1.165) is 10.0 Å². The molecular formula is C24H28BrN7O4S. The summed E-state index contributed by atoms with van der Waals surface area (Å²) in [6.45, 7) is 0.379. The number of halogens is 1. The fourth-order valence-corrected chi connectivity index (χ4v) is 5.49. The second kappa shape index (κ2) is 11.6. The van der Waals surface area contributed by atoms with Gasteiger partial charge in [-0.15, -0.1) is 0 Å². The Morgan fingerprint density at radius 3 is 2.73 bits per heavy atom. The summed E-state index contributed by atoms with van der Waals surface area (Å²) in [4.78, 5) is 47.3. The normalized spacial score (nSPS) is 18.2. The second-order valence-corrected chi connectivity index (χ2v) is 10.7. The third-order valence-corrected chi connectivity index (χ3v) is 7.99. The smallest absolute Gasteiger partial charge is 0.263 e. The first kappa shape index (κ1) is 27.1. The van der Waals surface area contributed by atoms with Crippen LogP contribution in [0, 0.1) is 0 Å². The number of imidazole rings is 1. The number of H-pyrrole nitrogens is 1. The number of nitrogens with two attached hydrogens (primary N) is 3. The summed E-state index contributed by atoms with van der Waals surface area (Å²) in [5, 5.41) is 11.1. The van der Waals surface area contributed by atoms with Gasteiger partial charge in [-0.1, -0.05) is 34.1 Å². The number of primary amides is 1. The third-order valence-electron chi connectivity index (χ3n) is 6.17. The highest BCUT2D eigenvalue weighted by molar-refractivity contribution is 9.10. The lowest BCUT2D eigenvalue weighted by atomic mass is 10.1. The number of amides is 3. The van der Waals surface area contributed by atoms with Crippen molar-refractivity contribution in [1.82, 2.24) is 19.9 Å². The summed E-state index contributed by atoms with van der Waals surface area (Å²) in [5.74, 6) is -0.309. The van der Waals surface area contributed by atoms with Gasteiger partial charge in [0.15, 0.2) is 0 Å². The zero-order valence-electron chi connectivity index (χ0n) is 19.8. The van der Waals surface area contributed by atoms with Gasteiger partial charge in [-0.25, -0.2) is 10.0 Å². The molecule has 11 nitrogen and oxygen atoms in total. The van der Waals surface area contributed by atoms with Gasteiger partial charge in [0, 0.05) is 46.6 Å². The van der Waals surface area contributed by atoms with Crippen LogP contribution < -0.4 is 17.2 Å². The Kier molecular flexibility index (Phi) is 8.49. The van der Waals surface area contributed by atoms with Crippen LogP contribution in [0.25, 0.3) is 22.4 Å². The molecule has 0 aliphatic carbocycles. The molecule has 3 aromatic rings. The number of aromatic nitrogens is 2. The molecule has 196 valence electrons. The lowest BCUT2D eigenvalue weighted by molar-refractivity contribution is -0.175. The minimum Gasteiger partial charge on any atom is -0.368 e. The van der Waals surface area contributed by atoms with E-state index in [0.29, 0.717) is 39.8 Å². The van der Waals surface area contributed by atoms with Crippen LogP contribution in [-0.4, -0.2) is 85.6 Å². The van der Waals surface area contributed by atoms with Crippen molar-refractivity contribution in [3.05, 3.63) is 52.5 Å². The fourth-order valence-electron chi connectivity index (χ4n) is 4.29. The monoisotopic (exact) mass is 589 g/mol.